The highest BCUT2D eigenvalue weighted by atomic mass is 32.2. The van der Waals surface area contributed by atoms with E-state index < -0.39 is 10.0 Å². The predicted molar refractivity (Wildman–Crippen MR) is 124 cm³/mol. The molecule has 1 amide bonds. The lowest BCUT2D eigenvalue weighted by atomic mass is 10.1. The van der Waals surface area contributed by atoms with E-state index in [0.717, 1.165) is 17.1 Å². The molecule has 0 spiro atoms. The molecule has 3 aromatic carbocycles. The molecular formula is C25H28N2O3S. The molecule has 31 heavy (non-hydrogen) atoms. The first kappa shape index (κ1) is 22.7. The molecule has 0 N–H and O–H groups in total. The molecule has 5 nitrogen and oxygen atoms in total. The number of hydrogen-bond donors (Lipinski definition) is 0. The normalized spacial score (nSPS) is 11.5. The number of benzene rings is 3. The molecule has 0 aliphatic rings. The van der Waals surface area contributed by atoms with Gasteiger partial charge in [0.15, 0.2) is 0 Å². The summed E-state index contributed by atoms with van der Waals surface area (Å²) in [5.74, 6) is -0.0966. The van der Waals surface area contributed by atoms with E-state index in [1.165, 1.54) is 37.4 Å². The largest absolute Gasteiger partial charge is 0.338 e. The van der Waals surface area contributed by atoms with Crippen molar-refractivity contribution in [2.75, 3.05) is 27.2 Å². The molecule has 3 aromatic rings. The van der Waals surface area contributed by atoms with Gasteiger partial charge in [-0.1, -0.05) is 60.7 Å². The van der Waals surface area contributed by atoms with E-state index in [1.807, 2.05) is 41.3 Å². The third-order valence-corrected chi connectivity index (χ3v) is 7.02. The Balaban J connectivity index is 1.77. The van der Waals surface area contributed by atoms with Crippen LogP contribution in [0.3, 0.4) is 0 Å². The number of nitrogens with zero attached hydrogens (tertiary/aromatic N) is 2. The van der Waals surface area contributed by atoms with E-state index in [1.54, 1.807) is 12.1 Å². The molecule has 0 radical (unpaired) electrons. The van der Waals surface area contributed by atoms with Crippen LogP contribution in [0.5, 0.6) is 0 Å². The van der Waals surface area contributed by atoms with Crippen molar-refractivity contribution in [2.24, 2.45) is 0 Å². The zero-order chi connectivity index (χ0) is 22.3. The van der Waals surface area contributed by atoms with Crippen LogP contribution in [0.1, 0.15) is 21.5 Å². The number of rotatable bonds is 9. The predicted octanol–water partition coefficient (Wildman–Crippen LogP) is 3.86. The highest BCUT2D eigenvalue weighted by Gasteiger charge is 2.20. The third kappa shape index (κ3) is 6.03. The van der Waals surface area contributed by atoms with Crippen LogP contribution in [-0.2, 0) is 22.9 Å². The van der Waals surface area contributed by atoms with E-state index in [4.69, 9.17) is 0 Å². The molecule has 0 atom stereocenters. The van der Waals surface area contributed by atoms with Crippen LogP contribution in [0.25, 0.3) is 0 Å². The summed E-state index contributed by atoms with van der Waals surface area (Å²) in [7, 11) is -0.545. The van der Waals surface area contributed by atoms with Crippen molar-refractivity contribution in [3.05, 3.63) is 102 Å². The first-order chi connectivity index (χ1) is 14.9. The maximum absolute atomic E-state index is 13.2. The highest BCUT2D eigenvalue weighted by molar-refractivity contribution is 7.89. The maximum atomic E-state index is 13.2. The smallest absolute Gasteiger partial charge is 0.253 e. The minimum atomic E-state index is -3.52. The second-order valence-electron chi connectivity index (χ2n) is 7.58. The van der Waals surface area contributed by atoms with Crippen molar-refractivity contribution < 1.29 is 13.2 Å². The van der Waals surface area contributed by atoms with Gasteiger partial charge in [0.25, 0.3) is 5.91 Å². The lowest BCUT2D eigenvalue weighted by molar-refractivity contribution is 0.0759. The molecule has 0 aromatic heterocycles. The van der Waals surface area contributed by atoms with E-state index in [2.05, 4.69) is 24.3 Å². The molecule has 0 heterocycles. The van der Waals surface area contributed by atoms with Crippen molar-refractivity contribution in [1.29, 1.82) is 0 Å². The standard InChI is InChI=1S/C25H28N2O3S/c1-26(2)31(29,30)24-15-13-23(14-16-24)25(28)27(19-17-21-9-5-3-6-10-21)20-18-22-11-7-4-8-12-22/h3-16H,17-20H2,1-2H3. The summed E-state index contributed by atoms with van der Waals surface area (Å²) in [6, 6.07) is 26.3. The van der Waals surface area contributed by atoms with Crippen LogP contribution in [-0.4, -0.2) is 50.7 Å². The summed E-state index contributed by atoms with van der Waals surface area (Å²) >= 11 is 0. The van der Waals surface area contributed by atoms with Gasteiger partial charge in [-0.05, 0) is 48.2 Å². The average Bonchev–Trinajstić information content (AvgIpc) is 2.80. The van der Waals surface area contributed by atoms with Crippen LogP contribution in [0.15, 0.2) is 89.8 Å². The van der Waals surface area contributed by atoms with Crippen molar-refractivity contribution in [3.8, 4) is 0 Å². The van der Waals surface area contributed by atoms with Gasteiger partial charge < -0.3 is 4.90 Å². The molecule has 0 aliphatic carbocycles. The van der Waals surface area contributed by atoms with Crippen LogP contribution in [0, 0.1) is 0 Å². The van der Waals surface area contributed by atoms with Crippen molar-refractivity contribution >= 4 is 15.9 Å². The monoisotopic (exact) mass is 436 g/mol. The zero-order valence-electron chi connectivity index (χ0n) is 17.9. The second kappa shape index (κ2) is 10.4. The summed E-state index contributed by atoms with van der Waals surface area (Å²) in [6.45, 7) is 1.18. The number of amides is 1. The Morgan fingerprint density at radius 3 is 1.58 bits per heavy atom. The van der Waals surface area contributed by atoms with Crippen molar-refractivity contribution in [3.63, 3.8) is 0 Å². The zero-order valence-corrected chi connectivity index (χ0v) is 18.8. The van der Waals surface area contributed by atoms with Gasteiger partial charge in [0.2, 0.25) is 10.0 Å². The summed E-state index contributed by atoms with van der Waals surface area (Å²) in [6.07, 6.45) is 1.52. The quantitative estimate of drug-likeness (QED) is 0.512. The fourth-order valence-electron chi connectivity index (χ4n) is 3.30. The summed E-state index contributed by atoms with van der Waals surface area (Å²) in [5, 5.41) is 0. The van der Waals surface area contributed by atoms with Crippen molar-refractivity contribution in [2.45, 2.75) is 17.7 Å². The highest BCUT2D eigenvalue weighted by Crippen LogP contribution is 2.16. The molecule has 0 saturated heterocycles. The lowest BCUT2D eigenvalue weighted by Crippen LogP contribution is -2.34. The molecule has 0 aliphatic heterocycles. The minimum absolute atomic E-state index is 0.0966. The molecule has 0 saturated carbocycles. The van der Waals surface area contributed by atoms with E-state index in [9.17, 15) is 13.2 Å². The van der Waals surface area contributed by atoms with E-state index in [0.29, 0.717) is 18.7 Å². The Kier molecular flexibility index (Phi) is 7.60. The third-order valence-electron chi connectivity index (χ3n) is 5.19. The first-order valence-corrected chi connectivity index (χ1v) is 11.7. The summed E-state index contributed by atoms with van der Waals surface area (Å²) in [4.78, 5) is 15.3. The summed E-state index contributed by atoms with van der Waals surface area (Å²) in [5.41, 5.74) is 2.83. The van der Waals surface area contributed by atoms with Gasteiger partial charge in [-0.2, -0.15) is 0 Å². The van der Waals surface area contributed by atoms with Crippen LogP contribution in [0.2, 0.25) is 0 Å². The Morgan fingerprint density at radius 1 is 0.710 bits per heavy atom. The van der Waals surface area contributed by atoms with Crippen LogP contribution in [0.4, 0.5) is 0 Å². The van der Waals surface area contributed by atoms with E-state index >= 15 is 0 Å². The maximum Gasteiger partial charge on any atom is 0.253 e. The molecule has 3 rings (SSSR count). The van der Waals surface area contributed by atoms with Gasteiger partial charge in [0.05, 0.1) is 4.90 Å². The van der Waals surface area contributed by atoms with Gasteiger partial charge in [0.1, 0.15) is 0 Å². The fourth-order valence-corrected chi connectivity index (χ4v) is 4.20. The Bertz CT molecular complexity index is 1040. The molecular weight excluding hydrogens is 408 g/mol. The second-order valence-corrected chi connectivity index (χ2v) is 9.73. The Labute approximate surface area is 185 Å². The molecule has 0 bridgehead atoms. The number of sulfonamides is 1. The van der Waals surface area contributed by atoms with Gasteiger partial charge in [-0.25, -0.2) is 12.7 Å². The lowest BCUT2D eigenvalue weighted by Gasteiger charge is -2.23. The first-order valence-electron chi connectivity index (χ1n) is 10.3. The van der Waals surface area contributed by atoms with E-state index in [-0.39, 0.29) is 10.8 Å². The number of hydrogen-bond acceptors (Lipinski definition) is 3. The molecule has 162 valence electrons. The average molecular weight is 437 g/mol. The van der Waals surface area contributed by atoms with Crippen LogP contribution >= 0.6 is 0 Å². The molecule has 6 heteroatoms. The summed E-state index contributed by atoms with van der Waals surface area (Å²) < 4.78 is 25.8. The SMILES string of the molecule is CN(C)S(=O)(=O)c1ccc(C(=O)N(CCc2ccccc2)CCc2ccccc2)cc1. The van der Waals surface area contributed by atoms with Crippen LogP contribution < -0.4 is 0 Å². The number of carbonyl (C=O) groups excluding carboxylic acids is 1. The van der Waals surface area contributed by atoms with Gasteiger partial charge in [-0.3, -0.25) is 4.79 Å². The topological polar surface area (TPSA) is 57.7 Å². The molecule has 0 fully saturated rings. The number of carbonyl (C=O) groups is 1. The van der Waals surface area contributed by atoms with Gasteiger partial charge >= 0.3 is 0 Å². The Hall–Kier alpha value is -2.96. The van der Waals surface area contributed by atoms with Crippen molar-refractivity contribution in [1.82, 2.24) is 9.21 Å². The molecule has 0 unspecified atom stereocenters. The van der Waals surface area contributed by atoms with Gasteiger partial charge in [0, 0.05) is 32.7 Å². The Morgan fingerprint density at radius 2 is 1.16 bits per heavy atom. The fraction of sp³-hybridized carbons (Fsp3) is 0.240. The minimum Gasteiger partial charge on any atom is -0.338 e. The van der Waals surface area contributed by atoms with Gasteiger partial charge in [-0.15, -0.1) is 0 Å².